The SMILES string of the molecule is Cc1ccc(C(=O)N(Cc2cc(-c3cc(C)ccc3C)on2)C(C)C)cc1. The Morgan fingerprint density at radius 2 is 1.67 bits per heavy atom. The van der Waals surface area contributed by atoms with Crippen molar-refractivity contribution in [3.63, 3.8) is 0 Å². The summed E-state index contributed by atoms with van der Waals surface area (Å²) in [5.41, 5.74) is 5.92. The zero-order valence-corrected chi connectivity index (χ0v) is 16.6. The van der Waals surface area contributed by atoms with E-state index in [0.717, 1.165) is 28.1 Å². The van der Waals surface area contributed by atoms with Gasteiger partial charge >= 0.3 is 0 Å². The third kappa shape index (κ3) is 4.27. The first-order valence-corrected chi connectivity index (χ1v) is 9.26. The van der Waals surface area contributed by atoms with Crippen LogP contribution in [0.5, 0.6) is 0 Å². The standard InChI is InChI=1S/C23H26N2O2/c1-15(2)25(23(26)19-10-7-16(3)8-11-19)14-20-13-22(27-24-20)21-12-17(4)6-9-18(21)5/h6-13,15H,14H2,1-5H3. The minimum Gasteiger partial charge on any atom is -0.356 e. The number of nitrogens with zero attached hydrogens (tertiary/aromatic N) is 2. The van der Waals surface area contributed by atoms with E-state index in [1.807, 2.05) is 56.0 Å². The molecule has 3 aromatic rings. The fourth-order valence-corrected chi connectivity index (χ4v) is 3.04. The Morgan fingerprint density at radius 3 is 2.33 bits per heavy atom. The van der Waals surface area contributed by atoms with Gasteiger partial charge in [0.25, 0.3) is 5.91 Å². The van der Waals surface area contributed by atoms with E-state index in [0.29, 0.717) is 12.1 Å². The summed E-state index contributed by atoms with van der Waals surface area (Å²) in [5.74, 6) is 0.735. The molecule has 4 nitrogen and oxygen atoms in total. The Labute approximate surface area is 160 Å². The van der Waals surface area contributed by atoms with Gasteiger partial charge in [-0.3, -0.25) is 4.79 Å². The summed E-state index contributed by atoms with van der Waals surface area (Å²) in [4.78, 5) is 14.8. The Bertz CT molecular complexity index is 939. The van der Waals surface area contributed by atoms with Gasteiger partial charge in [0.05, 0.1) is 6.54 Å². The van der Waals surface area contributed by atoms with Crippen molar-refractivity contribution in [3.8, 4) is 11.3 Å². The van der Waals surface area contributed by atoms with Crippen LogP contribution >= 0.6 is 0 Å². The average Bonchev–Trinajstić information content (AvgIpc) is 3.10. The Kier molecular flexibility index (Phi) is 5.45. The molecule has 0 N–H and O–H groups in total. The fourth-order valence-electron chi connectivity index (χ4n) is 3.04. The van der Waals surface area contributed by atoms with Crippen LogP contribution in [0.3, 0.4) is 0 Å². The molecule has 0 saturated carbocycles. The van der Waals surface area contributed by atoms with Crippen LogP contribution in [0.25, 0.3) is 11.3 Å². The number of hydrogen-bond donors (Lipinski definition) is 0. The summed E-state index contributed by atoms with van der Waals surface area (Å²) < 4.78 is 5.58. The first-order valence-electron chi connectivity index (χ1n) is 9.26. The third-order valence-corrected chi connectivity index (χ3v) is 4.73. The number of amides is 1. The van der Waals surface area contributed by atoms with Gasteiger partial charge in [-0.25, -0.2) is 0 Å². The van der Waals surface area contributed by atoms with Gasteiger partial charge in [-0.15, -0.1) is 0 Å². The highest BCUT2D eigenvalue weighted by Gasteiger charge is 2.21. The molecule has 0 aliphatic carbocycles. The molecule has 1 amide bonds. The number of carbonyl (C=O) groups excluding carboxylic acids is 1. The molecular formula is C23H26N2O2. The van der Waals surface area contributed by atoms with Gasteiger partial charge in [-0.1, -0.05) is 40.5 Å². The van der Waals surface area contributed by atoms with Crippen molar-refractivity contribution in [2.45, 2.75) is 47.2 Å². The summed E-state index contributed by atoms with van der Waals surface area (Å²) >= 11 is 0. The normalized spacial score (nSPS) is 11.0. The highest BCUT2D eigenvalue weighted by Crippen LogP contribution is 2.26. The molecule has 0 aliphatic heterocycles. The van der Waals surface area contributed by atoms with Crippen molar-refractivity contribution < 1.29 is 9.32 Å². The van der Waals surface area contributed by atoms with Crippen molar-refractivity contribution in [1.82, 2.24) is 10.1 Å². The van der Waals surface area contributed by atoms with Gasteiger partial charge in [-0.2, -0.15) is 0 Å². The van der Waals surface area contributed by atoms with E-state index in [2.05, 4.69) is 37.2 Å². The first-order chi connectivity index (χ1) is 12.8. The van der Waals surface area contributed by atoms with Crippen molar-refractivity contribution in [1.29, 1.82) is 0 Å². The van der Waals surface area contributed by atoms with Gasteiger partial charge in [-0.05, 0) is 58.4 Å². The molecule has 140 valence electrons. The smallest absolute Gasteiger partial charge is 0.254 e. The Morgan fingerprint density at radius 1 is 1.00 bits per heavy atom. The van der Waals surface area contributed by atoms with Crippen LogP contribution in [0.4, 0.5) is 0 Å². The molecule has 1 heterocycles. The summed E-state index contributed by atoms with van der Waals surface area (Å²) in [6.07, 6.45) is 0. The molecule has 0 unspecified atom stereocenters. The molecule has 0 bridgehead atoms. The summed E-state index contributed by atoms with van der Waals surface area (Å²) in [6.45, 7) is 10.6. The molecule has 0 saturated heterocycles. The van der Waals surface area contributed by atoms with E-state index in [1.54, 1.807) is 0 Å². The summed E-state index contributed by atoms with van der Waals surface area (Å²) in [5, 5.41) is 4.21. The minimum atomic E-state index is 0.00119. The minimum absolute atomic E-state index is 0.00119. The number of hydrogen-bond acceptors (Lipinski definition) is 3. The maximum Gasteiger partial charge on any atom is 0.254 e. The fraction of sp³-hybridized carbons (Fsp3) is 0.304. The van der Waals surface area contributed by atoms with Crippen molar-refractivity contribution in [2.75, 3.05) is 0 Å². The third-order valence-electron chi connectivity index (χ3n) is 4.73. The predicted molar refractivity (Wildman–Crippen MR) is 108 cm³/mol. The topological polar surface area (TPSA) is 46.3 Å². The monoisotopic (exact) mass is 362 g/mol. The van der Waals surface area contributed by atoms with Gasteiger partial charge in [0.1, 0.15) is 5.69 Å². The van der Waals surface area contributed by atoms with Crippen molar-refractivity contribution in [2.24, 2.45) is 0 Å². The van der Waals surface area contributed by atoms with Crippen LogP contribution in [0, 0.1) is 20.8 Å². The second kappa shape index (κ2) is 7.78. The molecule has 3 rings (SSSR count). The lowest BCUT2D eigenvalue weighted by atomic mass is 10.0. The molecule has 0 spiro atoms. The molecule has 2 aromatic carbocycles. The number of benzene rings is 2. The maximum absolute atomic E-state index is 12.9. The van der Waals surface area contributed by atoms with E-state index < -0.39 is 0 Å². The number of rotatable bonds is 5. The average molecular weight is 362 g/mol. The van der Waals surface area contributed by atoms with Crippen LogP contribution < -0.4 is 0 Å². The van der Waals surface area contributed by atoms with Gasteiger partial charge in [0, 0.05) is 23.2 Å². The molecule has 0 atom stereocenters. The molecule has 1 aromatic heterocycles. The maximum atomic E-state index is 12.9. The second-order valence-corrected chi connectivity index (χ2v) is 7.39. The predicted octanol–water partition coefficient (Wildman–Crippen LogP) is 5.32. The second-order valence-electron chi connectivity index (χ2n) is 7.39. The first kappa shape index (κ1) is 18.9. The van der Waals surface area contributed by atoms with Crippen molar-refractivity contribution >= 4 is 5.91 Å². The number of carbonyl (C=O) groups is 1. The molecule has 4 heteroatoms. The zero-order valence-electron chi connectivity index (χ0n) is 16.6. The van der Waals surface area contributed by atoms with E-state index in [1.165, 1.54) is 5.56 Å². The van der Waals surface area contributed by atoms with E-state index >= 15 is 0 Å². The van der Waals surface area contributed by atoms with Gasteiger partial charge < -0.3 is 9.42 Å². The lowest BCUT2D eigenvalue weighted by Gasteiger charge is -2.26. The van der Waals surface area contributed by atoms with E-state index in [-0.39, 0.29) is 11.9 Å². The van der Waals surface area contributed by atoms with Crippen LogP contribution in [0.1, 0.15) is 46.6 Å². The zero-order chi connectivity index (χ0) is 19.6. The summed E-state index contributed by atoms with van der Waals surface area (Å²) in [6, 6.07) is 15.9. The largest absolute Gasteiger partial charge is 0.356 e. The van der Waals surface area contributed by atoms with Crippen LogP contribution in [0.2, 0.25) is 0 Å². The lowest BCUT2D eigenvalue weighted by Crippen LogP contribution is -2.36. The molecule has 27 heavy (non-hydrogen) atoms. The quantitative estimate of drug-likeness (QED) is 0.617. The molecule has 0 fully saturated rings. The molecular weight excluding hydrogens is 336 g/mol. The molecule has 0 radical (unpaired) electrons. The highest BCUT2D eigenvalue weighted by atomic mass is 16.5. The van der Waals surface area contributed by atoms with E-state index in [9.17, 15) is 4.79 Å². The Hall–Kier alpha value is -2.88. The number of aryl methyl sites for hydroxylation is 3. The van der Waals surface area contributed by atoms with Gasteiger partial charge in [0.15, 0.2) is 5.76 Å². The highest BCUT2D eigenvalue weighted by molar-refractivity contribution is 5.94. The van der Waals surface area contributed by atoms with Crippen LogP contribution in [-0.2, 0) is 6.54 Å². The summed E-state index contributed by atoms with van der Waals surface area (Å²) in [7, 11) is 0. The molecule has 0 aliphatic rings. The number of aromatic nitrogens is 1. The van der Waals surface area contributed by atoms with Crippen LogP contribution in [0.15, 0.2) is 53.1 Å². The lowest BCUT2D eigenvalue weighted by molar-refractivity contribution is 0.0686. The van der Waals surface area contributed by atoms with Crippen LogP contribution in [-0.4, -0.2) is 22.0 Å². The Balaban J connectivity index is 1.83. The van der Waals surface area contributed by atoms with Gasteiger partial charge in [0.2, 0.25) is 0 Å². The van der Waals surface area contributed by atoms with Crippen molar-refractivity contribution in [3.05, 3.63) is 76.5 Å². The van der Waals surface area contributed by atoms with E-state index in [4.69, 9.17) is 4.52 Å².